The number of benzene rings is 6. The fraction of sp³-hybridized carbons (Fsp3) is 0.100. The van der Waals surface area contributed by atoms with Crippen LogP contribution in [-0.2, 0) is 0 Å². The van der Waals surface area contributed by atoms with E-state index in [4.69, 9.17) is 25.8 Å². The van der Waals surface area contributed by atoms with Crippen molar-refractivity contribution >= 4 is 92.2 Å². The van der Waals surface area contributed by atoms with Gasteiger partial charge in [0.2, 0.25) is 0 Å². The maximum Gasteiger partial charge on any atom is 0.453 e. The molecular formula is C40H30Br2O6P2. The Morgan fingerprint density at radius 1 is 0.420 bits per heavy atom. The van der Waals surface area contributed by atoms with Gasteiger partial charge in [-0.3, -0.25) is 0 Å². The van der Waals surface area contributed by atoms with Gasteiger partial charge in [0.05, 0.1) is 0 Å². The van der Waals surface area contributed by atoms with Gasteiger partial charge in [-0.15, -0.1) is 0 Å². The second-order valence-corrected chi connectivity index (χ2v) is 15.6. The van der Waals surface area contributed by atoms with Gasteiger partial charge in [-0.2, -0.15) is 0 Å². The van der Waals surface area contributed by atoms with Gasteiger partial charge in [-0.05, 0) is 106 Å². The molecule has 0 aliphatic rings. The molecule has 0 saturated carbocycles. The van der Waals surface area contributed by atoms with E-state index in [9.17, 15) is 0 Å². The molecule has 8 rings (SSSR count). The summed E-state index contributed by atoms with van der Waals surface area (Å²) in [7, 11) is -3.86. The minimum atomic E-state index is -1.93. The van der Waals surface area contributed by atoms with Crippen LogP contribution in [0.2, 0.25) is 0 Å². The highest BCUT2D eigenvalue weighted by Gasteiger charge is 2.27. The van der Waals surface area contributed by atoms with E-state index in [1.54, 1.807) is 0 Å². The molecule has 0 bridgehead atoms. The largest absolute Gasteiger partial charge is 0.453 e. The van der Waals surface area contributed by atoms with Crippen LogP contribution in [-0.4, -0.2) is 0 Å². The normalized spacial score (nSPS) is 11.4. The van der Waals surface area contributed by atoms with Gasteiger partial charge >= 0.3 is 16.5 Å². The Bertz CT molecular complexity index is 2400. The van der Waals surface area contributed by atoms with Gasteiger partial charge in [0, 0.05) is 41.6 Å². The number of para-hydroxylation sites is 4. The van der Waals surface area contributed by atoms with Gasteiger partial charge in [-0.1, -0.05) is 84.9 Å². The van der Waals surface area contributed by atoms with Gasteiger partial charge in [0.25, 0.3) is 0 Å². The highest BCUT2D eigenvalue weighted by Crippen LogP contribution is 2.54. The second-order valence-electron chi connectivity index (χ2n) is 12.0. The Morgan fingerprint density at radius 2 is 0.700 bits per heavy atom. The number of hydrogen-bond acceptors (Lipinski definition) is 6. The highest BCUT2D eigenvalue weighted by atomic mass is 79.9. The third kappa shape index (κ3) is 5.95. The minimum absolute atomic E-state index is 0.604. The van der Waals surface area contributed by atoms with Crippen LogP contribution in [0.3, 0.4) is 0 Å². The van der Waals surface area contributed by atoms with Crippen molar-refractivity contribution in [2.45, 2.75) is 27.7 Å². The third-order valence-corrected chi connectivity index (χ3v) is 12.7. The number of rotatable bonds is 5. The molecule has 50 heavy (non-hydrogen) atoms. The molecule has 0 aliphatic carbocycles. The maximum atomic E-state index is 6.85. The fourth-order valence-electron chi connectivity index (χ4n) is 6.23. The van der Waals surface area contributed by atoms with Crippen molar-refractivity contribution in [3.8, 4) is 22.6 Å². The molecule has 0 unspecified atom stereocenters. The van der Waals surface area contributed by atoms with Gasteiger partial charge in [0.15, 0.2) is 0 Å². The fourth-order valence-corrected chi connectivity index (χ4v) is 9.49. The molecule has 6 nitrogen and oxygen atoms in total. The van der Waals surface area contributed by atoms with Crippen LogP contribution in [0.5, 0.6) is 11.5 Å². The summed E-state index contributed by atoms with van der Waals surface area (Å²) in [6, 6.07) is 35.8. The predicted octanol–water partition coefficient (Wildman–Crippen LogP) is 15.0. The molecule has 0 saturated heterocycles. The molecule has 250 valence electrons. The second kappa shape index (κ2) is 13.4. The van der Waals surface area contributed by atoms with Gasteiger partial charge < -0.3 is 25.8 Å². The van der Waals surface area contributed by atoms with Crippen molar-refractivity contribution in [2.24, 2.45) is 0 Å². The first kappa shape index (κ1) is 32.9. The van der Waals surface area contributed by atoms with Crippen LogP contribution in [0.1, 0.15) is 22.3 Å². The quantitative estimate of drug-likeness (QED) is 0.172. The summed E-state index contributed by atoms with van der Waals surface area (Å²) < 4.78 is 41.4. The van der Waals surface area contributed by atoms with Crippen molar-refractivity contribution in [3.05, 3.63) is 140 Å². The monoisotopic (exact) mass is 826 g/mol. The zero-order chi connectivity index (χ0) is 34.5. The van der Waals surface area contributed by atoms with Crippen LogP contribution in [0.15, 0.2) is 135 Å². The van der Waals surface area contributed by atoms with Crippen molar-refractivity contribution in [1.29, 1.82) is 0 Å². The molecule has 2 heterocycles. The third-order valence-electron chi connectivity index (χ3n) is 8.57. The SMILES string of the molecule is Cc1cc(C)c(Op2oc3ccccc3c3ccccc3o2)c(-c2c(Br)c(C)cc(C)c2Op2oc3ccccc3c3ccccc3o2)c1Br. The van der Waals surface area contributed by atoms with E-state index in [-0.39, 0.29) is 0 Å². The van der Waals surface area contributed by atoms with E-state index >= 15 is 0 Å². The van der Waals surface area contributed by atoms with Crippen LogP contribution < -0.4 is 9.05 Å². The number of halogens is 2. The first-order valence-electron chi connectivity index (χ1n) is 15.9. The summed E-state index contributed by atoms with van der Waals surface area (Å²) in [5, 5.41) is 3.78. The molecular weight excluding hydrogens is 798 g/mol. The van der Waals surface area contributed by atoms with Crippen LogP contribution in [0.4, 0.5) is 0 Å². The summed E-state index contributed by atoms with van der Waals surface area (Å²) in [4.78, 5) is 0. The topological polar surface area (TPSA) is 71.0 Å². The molecule has 0 atom stereocenters. The average molecular weight is 828 g/mol. The van der Waals surface area contributed by atoms with Crippen molar-refractivity contribution in [3.63, 3.8) is 0 Å². The van der Waals surface area contributed by atoms with Crippen molar-refractivity contribution in [2.75, 3.05) is 0 Å². The summed E-state index contributed by atoms with van der Waals surface area (Å²) in [6.45, 7) is 8.18. The molecule has 8 aromatic rings. The number of hydrogen-bond donors (Lipinski definition) is 0. The zero-order valence-electron chi connectivity index (χ0n) is 27.5. The van der Waals surface area contributed by atoms with E-state index in [1.807, 2.05) is 111 Å². The van der Waals surface area contributed by atoms with Crippen LogP contribution in [0.25, 0.3) is 55.0 Å². The van der Waals surface area contributed by atoms with Crippen molar-refractivity contribution in [1.82, 2.24) is 0 Å². The minimum Gasteiger partial charge on any atom is -0.390 e. The predicted molar refractivity (Wildman–Crippen MR) is 211 cm³/mol. The van der Waals surface area contributed by atoms with E-state index < -0.39 is 16.5 Å². The molecule has 10 heteroatoms. The lowest BCUT2D eigenvalue weighted by Crippen LogP contribution is -1.99. The lowest BCUT2D eigenvalue weighted by Gasteiger charge is -2.21. The molecule has 0 spiro atoms. The molecule has 2 aromatic heterocycles. The van der Waals surface area contributed by atoms with E-state index in [0.717, 1.165) is 63.9 Å². The smallest absolute Gasteiger partial charge is 0.390 e. The first-order valence-corrected chi connectivity index (χ1v) is 19.7. The summed E-state index contributed by atoms with van der Waals surface area (Å²) in [5.74, 6) is 1.21. The molecule has 0 radical (unpaired) electrons. The number of aryl methyl sites for hydroxylation is 4. The summed E-state index contributed by atoms with van der Waals surface area (Å²) in [6.07, 6.45) is 0. The Hall–Kier alpha value is -4.32. The lowest BCUT2D eigenvalue weighted by molar-refractivity contribution is 0.491. The van der Waals surface area contributed by atoms with E-state index in [2.05, 4.69) is 57.8 Å². The summed E-state index contributed by atoms with van der Waals surface area (Å²) in [5.41, 5.74) is 8.24. The highest BCUT2D eigenvalue weighted by molar-refractivity contribution is 9.11. The maximum absolute atomic E-state index is 6.85. The summed E-state index contributed by atoms with van der Waals surface area (Å²) >= 11 is 7.89. The number of fused-ring (bicyclic) bond motifs is 6. The standard InChI is InChI=1S/C40H30Br2O6P2/c1-23-21-25(3)39(47-49-43-31-17-9-5-13-27(31)28-14-6-10-18-32(28)44-49)35(37(23)41)36-38(42)24(2)22-26(4)40(36)48-50-45-33-19-11-7-15-29(33)30-16-8-12-20-34(30)46-50/h5-22H,1-4H3. The van der Waals surface area contributed by atoms with Crippen LogP contribution in [0, 0.1) is 27.7 Å². The molecule has 0 aliphatic heterocycles. The van der Waals surface area contributed by atoms with Crippen molar-refractivity contribution < 1.29 is 25.8 Å². The molecule has 0 N–H and O–H groups in total. The Kier molecular flexibility index (Phi) is 8.82. The van der Waals surface area contributed by atoms with E-state index in [1.165, 1.54) is 0 Å². The van der Waals surface area contributed by atoms with Gasteiger partial charge in [0.1, 0.15) is 33.8 Å². The van der Waals surface area contributed by atoms with Gasteiger partial charge in [-0.25, -0.2) is 0 Å². The molecule has 0 amide bonds. The Labute approximate surface area is 307 Å². The van der Waals surface area contributed by atoms with E-state index in [0.29, 0.717) is 33.8 Å². The Morgan fingerprint density at radius 3 is 1.00 bits per heavy atom. The zero-order valence-corrected chi connectivity index (χ0v) is 32.5. The Balaban J connectivity index is 1.37. The first-order chi connectivity index (χ1) is 24.3. The van der Waals surface area contributed by atoms with Crippen LogP contribution >= 0.6 is 48.3 Å². The molecule has 6 aromatic carbocycles. The molecule has 0 fully saturated rings. The lowest BCUT2D eigenvalue weighted by atomic mass is 9.95. The average Bonchev–Trinajstić information content (AvgIpc) is 3.38.